The Labute approximate surface area is 119 Å². The Bertz CT molecular complexity index is 685. The minimum absolute atomic E-state index is 0.0834. The third kappa shape index (κ3) is 3.13. The third-order valence-electron chi connectivity index (χ3n) is 2.57. The van der Waals surface area contributed by atoms with Crippen LogP contribution in [0.1, 0.15) is 15.9 Å². The molecule has 0 aromatic heterocycles. The molecule has 2 aromatic carbocycles. The lowest BCUT2D eigenvalue weighted by Crippen LogP contribution is -2.09. The SMILES string of the molecule is Cc1ccc([N+](=O)[O-])c(OC(=O)c2cccc(Cl)c2)c1. The van der Waals surface area contributed by atoms with Crippen molar-refractivity contribution in [3.63, 3.8) is 0 Å². The van der Waals surface area contributed by atoms with E-state index in [1.807, 2.05) is 0 Å². The highest BCUT2D eigenvalue weighted by Gasteiger charge is 2.19. The van der Waals surface area contributed by atoms with Gasteiger partial charge in [0, 0.05) is 11.1 Å². The average Bonchev–Trinajstić information content (AvgIpc) is 2.38. The molecule has 2 rings (SSSR count). The number of ether oxygens (including phenoxy) is 1. The van der Waals surface area contributed by atoms with Crippen molar-refractivity contribution in [3.05, 3.63) is 68.7 Å². The molecular formula is C14H10ClNO4. The van der Waals surface area contributed by atoms with Gasteiger partial charge in [-0.05, 0) is 36.8 Å². The molecule has 0 aliphatic heterocycles. The van der Waals surface area contributed by atoms with Crippen molar-refractivity contribution in [2.75, 3.05) is 0 Å². The van der Waals surface area contributed by atoms with Crippen LogP contribution >= 0.6 is 11.6 Å². The fourth-order valence-corrected chi connectivity index (χ4v) is 1.82. The Kier molecular flexibility index (Phi) is 4.00. The Morgan fingerprint density at radius 2 is 2.00 bits per heavy atom. The van der Waals surface area contributed by atoms with Gasteiger partial charge >= 0.3 is 11.7 Å². The van der Waals surface area contributed by atoms with Gasteiger partial charge in [-0.25, -0.2) is 4.79 Å². The van der Waals surface area contributed by atoms with E-state index < -0.39 is 10.9 Å². The smallest absolute Gasteiger partial charge is 0.343 e. The molecule has 0 saturated heterocycles. The van der Waals surface area contributed by atoms with Gasteiger partial charge in [-0.1, -0.05) is 23.7 Å². The van der Waals surface area contributed by atoms with E-state index >= 15 is 0 Å². The molecule has 0 atom stereocenters. The van der Waals surface area contributed by atoms with Crippen LogP contribution in [0.3, 0.4) is 0 Å². The summed E-state index contributed by atoms with van der Waals surface area (Å²) in [5.41, 5.74) is 0.726. The second-order valence-corrected chi connectivity index (χ2v) is 4.56. The molecule has 0 fully saturated rings. The number of hydrogen-bond acceptors (Lipinski definition) is 4. The van der Waals surface area contributed by atoms with E-state index in [1.165, 1.54) is 24.3 Å². The van der Waals surface area contributed by atoms with Crippen LogP contribution in [-0.2, 0) is 0 Å². The molecule has 0 amide bonds. The molecule has 0 spiro atoms. The zero-order chi connectivity index (χ0) is 14.7. The van der Waals surface area contributed by atoms with Crippen LogP contribution in [0.5, 0.6) is 5.75 Å². The van der Waals surface area contributed by atoms with Crippen LogP contribution < -0.4 is 4.74 Å². The molecule has 5 nitrogen and oxygen atoms in total. The maximum atomic E-state index is 11.9. The molecular weight excluding hydrogens is 282 g/mol. The van der Waals surface area contributed by atoms with Gasteiger partial charge in [-0.3, -0.25) is 10.1 Å². The van der Waals surface area contributed by atoms with Gasteiger partial charge < -0.3 is 4.74 Å². The summed E-state index contributed by atoms with van der Waals surface area (Å²) < 4.78 is 5.09. The predicted molar refractivity (Wildman–Crippen MR) is 74.2 cm³/mol. The van der Waals surface area contributed by atoms with Crippen molar-refractivity contribution < 1.29 is 14.5 Å². The first-order valence-corrected chi connectivity index (χ1v) is 6.08. The minimum Gasteiger partial charge on any atom is -0.416 e. The molecule has 102 valence electrons. The molecule has 6 heteroatoms. The first-order valence-electron chi connectivity index (χ1n) is 5.70. The molecule has 2 aromatic rings. The maximum Gasteiger partial charge on any atom is 0.343 e. The Hall–Kier alpha value is -2.40. The summed E-state index contributed by atoms with van der Waals surface area (Å²) in [7, 11) is 0. The number of rotatable bonds is 3. The zero-order valence-electron chi connectivity index (χ0n) is 10.5. The number of carbonyl (C=O) groups is 1. The molecule has 0 aliphatic carbocycles. The monoisotopic (exact) mass is 291 g/mol. The molecule has 0 unspecified atom stereocenters. The number of esters is 1. The number of nitro groups is 1. The fourth-order valence-electron chi connectivity index (χ4n) is 1.63. The standard InChI is InChI=1S/C14H10ClNO4/c1-9-5-6-12(16(18)19)13(7-9)20-14(17)10-3-2-4-11(15)8-10/h2-8H,1H3. The van der Waals surface area contributed by atoms with E-state index in [9.17, 15) is 14.9 Å². The molecule has 0 bridgehead atoms. The first-order chi connectivity index (χ1) is 9.47. The molecule has 0 saturated carbocycles. The topological polar surface area (TPSA) is 69.4 Å². The number of carbonyl (C=O) groups excluding carboxylic acids is 1. The van der Waals surface area contributed by atoms with Gasteiger partial charge in [0.25, 0.3) is 0 Å². The maximum absolute atomic E-state index is 11.9. The van der Waals surface area contributed by atoms with Crippen LogP contribution in [0.2, 0.25) is 5.02 Å². The highest BCUT2D eigenvalue weighted by molar-refractivity contribution is 6.30. The highest BCUT2D eigenvalue weighted by Crippen LogP contribution is 2.28. The van der Waals surface area contributed by atoms with E-state index in [1.54, 1.807) is 25.1 Å². The lowest BCUT2D eigenvalue weighted by atomic mass is 10.2. The normalized spacial score (nSPS) is 10.1. The van der Waals surface area contributed by atoms with Crippen LogP contribution in [0, 0.1) is 17.0 Å². The van der Waals surface area contributed by atoms with Crippen molar-refractivity contribution in [1.82, 2.24) is 0 Å². The second kappa shape index (κ2) is 5.71. The number of hydrogen-bond donors (Lipinski definition) is 0. The zero-order valence-corrected chi connectivity index (χ0v) is 11.3. The fraction of sp³-hybridized carbons (Fsp3) is 0.0714. The van der Waals surface area contributed by atoms with Crippen molar-refractivity contribution in [3.8, 4) is 5.75 Å². The van der Waals surface area contributed by atoms with Crippen molar-refractivity contribution in [2.45, 2.75) is 6.92 Å². The molecule has 20 heavy (non-hydrogen) atoms. The van der Waals surface area contributed by atoms with E-state index in [0.717, 1.165) is 5.56 Å². The van der Waals surface area contributed by atoms with Crippen LogP contribution in [0.4, 0.5) is 5.69 Å². The van der Waals surface area contributed by atoms with Gasteiger partial charge in [-0.15, -0.1) is 0 Å². The van der Waals surface area contributed by atoms with Gasteiger partial charge in [0.05, 0.1) is 10.5 Å². The summed E-state index contributed by atoms with van der Waals surface area (Å²) >= 11 is 5.78. The average molecular weight is 292 g/mol. The third-order valence-corrected chi connectivity index (χ3v) is 2.81. The minimum atomic E-state index is -0.693. The van der Waals surface area contributed by atoms with Crippen LogP contribution in [0.25, 0.3) is 0 Å². The number of nitro benzene ring substituents is 1. The van der Waals surface area contributed by atoms with E-state index in [0.29, 0.717) is 5.02 Å². The summed E-state index contributed by atoms with van der Waals surface area (Å²) in [6.07, 6.45) is 0. The summed E-state index contributed by atoms with van der Waals surface area (Å²) in [4.78, 5) is 22.3. The number of halogens is 1. The molecule has 0 N–H and O–H groups in total. The van der Waals surface area contributed by atoms with Gasteiger partial charge in [-0.2, -0.15) is 0 Å². The second-order valence-electron chi connectivity index (χ2n) is 4.13. The number of benzene rings is 2. The lowest BCUT2D eigenvalue weighted by molar-refractivity contribution is -0.385. The first kappa shape index (κ1) is 14.0. The quantitative estimate of drug-likeness (QED) is 0.373. The summed E-state index contributed by atoms with van der Waals surface area (Å²) in [5, 5.41) is 11.3. The van der Waals surface area contributed by atoms with E-state index in [-0.39, 0.29) is 17.0 Å². The van der Waals surface area contributed by atoms with Crippen LogP contribution in [0.15, 0.2) is 42.5 Å². The van der Waals surface area contributed by atoms with E-state index in [2.05, 4.69) is 0 Å². The predicted octanol–water partition coefficient (Wildman–Crippen LogP) is 3.78. The summed E-state index contributed by atoms with van der Waals surface area (Å²) in [6.45, 7) is 1.75. The molecule has 0 radical (unpaired) electrons. The molecule has 0 heterocycles. The Morgan fingerprint density at radius 1 is 1.25 bits per heavy atom. The van der Waals surface area contributed by atoms with Crippen LogP contribution in [-0.4, -0.2) is 10.9 Å². The number of aryl methyl sites for hydroxylation is 1. The lowest BCUT2D eigenvalue weighted by Gasteiger charge is -2.06. The Morgan fingerprint density at radius 3 is 2.65 bits per heavy atom. The van der Waals surface area contributed by atoms with Crippen molar-refractivity contribution in [1.29, 1.82) is 0 Å². The van der Waals surface area contributed by atoms with E-state index in [4.69, 9.17) is 16.3 Å². The summed E-state index contributed by atoms with van der Waals surface area (Å²) in [5.74, 6) is -0.777. The van der Waals surface area contributed by atoms with Gasteiger partial charge in [0.1, 0.15) is 0 Å². The number of nitrogens with zero attached hydrogens (tertiary/aromatic N) is 1. The van der Waals surface area contributed by atoms with Crippen molar-refractivity contribution >= 4 is 23.3 Å². The molecule has 0 aliphatic rings. The largest absolute Gasteiger partial charge is 0.416 e. The van der Waals surface area contributed by atoms with Crippen molar-refractivity contribution in [2.24, 2.45) is 0 Å². The van der Waals surface area contributed by atoms with Gasteiger partial charge in [0.15, 0.2) is 0 Å². The van der Waals surface area contributed by atoms with Gasteiger partial charge in [0.2, 0.25) is 5.75 Å². The Balaban J connectivity index is 2.32. The highest BCUT2D eigenvalue weighted by atomic mass is 35.5. The summed E-state index contributed by atoms with van der Waals surface area (Å²) in [6, 6.07) is 10.5.